The summed E-state index contributed by atoms with van der Waals surface area (Å²) in [5, 5.41) is 3.84. The molecule has 2 heteroatoms. The van der Waals surface area contributed by atoms with Gasteiger partial charge in [-0.15, -0.1) is 0 Å². The Bertz CT molecular complexity index is 227. The van der Waals surface area contributed by atoms with Gasteiger partial charge in [0, 0.05) is 18.6 Å². The van der Waals surface area contributed by atoms with Crippen molar-refractivity contribution in [2.45, 2.75) is 71.4 Å². The summed E-state index contributed by atoms with van der Waals surface area (Å²) in [6.45, 7) is 11.0. The van der Waals surface area contributed by atoms with E-state index in [1.165, 1.54) is 58.2 Å². The fourth-order valence-electron chi connectivity index (χ4n) is 3.79. The SMILES string of the molecule is CC(C)C(CNC(C)C1CCCC1)N1CCCC1. The van der Waals surface area contributed by atoms with Crippen LogP contribution in [-0.4, -0.2) is 36.6 Å². The lowest BCUT2D eigenvalue weighted by molar-refractivity contribution is 0.178. The third kappa shape index (κ3) is 3.71. The largest absolute Gasteiger partial charge is 0.312 e. The van der Waals surface area contributed by atoms with Crippen molar-refractivity contribution >= 4 is 0 Å². The molecule has 2 fully saturated rings. The van der Waals surface area contributed by atoms with Crippen LogP contribution in [-0.2, 0) is 0 Å². The monoisotopic (exact) mass is 252 g/mol. The van der Waals surface area contributed by atoms with Crippen LogP contribution in [0.3, 0.4) is 0 Å². The minimum atomic E-state index is 0.719. The summed E-state index contributed by atoms with van der Waals surface area (Å²) in [4.78, 5) is 2.71. The van der Waals surface area contributed by atoms with Crippen LogP contribution in [0.25, 0.3) is 0 Å². The van der Waals surface area contributed by atoms with E-state index in [9.17, 15) is 0 Å². The number of hydrogen-bond donors (Lipinski definition) is 1. The van der Waals surface area contributed by atoms with Crippen molar-refractivity contribution < 1.29 is 0 Å². The molecule has 1 saturated carbocycles. The molecule has 1 aliphatic carbocycles. The molecule has 0 amide bonds. The second-order valence-electron chi connectivity index (χ2n) is 6.80. The summed E-state index contributed by atoms with van der Waals surface area (Å²) >= 11 is 0. The summed E-state index contributed by atoms with van der Waals surface area (Å²) in [6, 6.07) is 1.47. The van der Waals surface area contributed by atoms with Gasteiger partial charge in [0.1, 0.15) is 0 Å². The van der Waals surface area contributed by atoms with Gasteiger partial charge in [0.2, 0.25) is 0 Å². The Morgan fingerprint density at radius 1 is 1.00 bits per heavy atom. The third-order valence-electron chi connectivity index (χ3n) is 5.14. The standard InChI is InChI=1S/C16H32N2/c1-13(2)16(18-10-6-7-11-18)12-17-14(3)15-8-4-5-9-15/h13-17H,4-12H2,1-3H3. The first-order valence-electron chi connectivity index (χ1n) is 8.16. The lowest BCUT2D eigenvalue weighted by Gasteiger charge is -2.33. The van der Waals surface area contributed by atoms with E-state index < -0.39 is 0 Å². The molecule has 2 rings (SSSR count). The maximum Gasteiger partial charge on any atom is 0.0243 e. The Morgan fingerprint density at radius 3 is 2.17 bits per heavy atom. The molecule has 1 aliphatic heterocycles. The van der Waals surface area contributed by atoms with Crippen molar-refractivity contribution in [3.05, 3.63) is 0 Å². The zero-order chi connectivity index (χ0) is 13.0. The van der Waals surface area contributed by atoms with E-state index in [2.05, 4.69) is 31.0 Å². The molecule has 0 radical (unpaired) electrons. The molecule has 2 aliphatic rings. The normalized spacial score (nSPS) is 26.0. The Morgan fingerprint density at radius 2 is 1.61 bits per heavy atom. The highest BCUT2D eigenvalue weighted by Gasteiger charge is 2.26. The maximum absolute atomic E-state index is 3.84. The highest BCUT2D eigenvalue weighted by atomic mass is 15.2. The molecular weight excluding hydrogens is 220 g/mol. The molecular formula is C16H32N2. The van der Waals surface area contributed by atoms with Gasteiger partial charge < -0.3 is 5.32 Å². The van der Waals surface area contributed by atoms with Crippen molar-refractivity contribution in [2.24, 2.45) is 11.8 Å². The van der Waals surface area contributed by atoms with Gasteiger partial charge in [0.15, 0.2) is 0 Å². The van der Waals surface area contributed by atoms with Crippen molar-refractivity contribution in [3.63, 3.8) is 0 Å². The number of hydrogen-bond acceptors (Lipinski definition) is 2. The Balaban J connectivity index is 1.77. The van der Waals surface area contributed by atoms with Crippen molar-refractivity contribution in [1.29, 1.82) is 0 Å². The van der Waals surface area contributed by atoms with E-state index in [4.69, 9.17) is 0 Å². The van der Waals surface area contributed by atoms with E-state index in [1.54, 1.807) is 0 Å². The molecule has 18 heavy (non-hydrogen) atoms. The number of rotatable bonds is 6. The first kappa shape index (κ1) is 14.3. The maximum atomic E-state index is 3.84. The highest BCUT2D eigenvalue weighted by Crippen LogP contribution is 2.27. The van der Waals surface area contributed by atoms with Crippen molar-refractivity contribution in [3.8, 4) is 0 Å². The first-order chi connectivity index (χ1) is 8.68. The Hall–Kier alpha value is -0.0800. The molecule has 2 unspecified atom stereocenters. The van der Waals surface area contributed by atoms with E-state index in [-0.39, 0.29) is 0 Å². The Kier molecular flexibility index (Phi) is 5.50. The molecule has 106 valence electrons. The molecule has 1 N–H and O–H groups in total. The van der Waals surface area contributed by atoms with Crippen LogP contribution in [0.5, 0.6) is 0 Å². The second kappa shape index (κ2) is 6.91. The van der Waals surface area contributed by atoms with E-state index in [0.29, 0.717) is 0 Å². The van der Waals surface area contributed by atoms with Crippen LogP contribution >= 0.6 is 0 Å². The molecule has 0 bridgehead atoms. The molecule has 0 aromatic carbocycles. The Labute approximate surface area is 114 Å². The predicted molar refractivity (Wildman–Crippen MR) is 78.9 cm³/mol. The van der Waals surface area contributed by atoms with Gasteiger partial charge >= 0.3 is 0 Å². The quantitative estimate of drug-likeness (QED) is 0.780. The van der Waals surface area contributed by atoms with Crippen LogP contribution in [0.1, 0.15) is 59.3 Å². The lowest BCUT2D eigenvalue weighted by atomic mass is 9.98. The van der Waals surface area contributed by atoms with Gasteiger partial charge in [0.05, 0.1) is 0 Å². The molecule has 2 nitrogen and oxygen atoms in total. The zero-order valence-corrected chi connectivity index (χ0v) is 12.6. The lowest BCUT2D eigenvalue weighted by Crippen LogP contribution is -2.47. The minimum absolute atomic E-state index is 0.719. The average molecular weight is 252 g/mol. The third-order valence-corrected chi connectivity index (χ3v) is 5.14. The molecule has 0 aromatic rings. The topological polar surface area (TPSA) is 15.3 Å². The van der Waals surface area contributed by atoms with Crippen LogP contribution < -0.4 is 5.32 Å². The molecule has 0 aromatic heterocycles. The summed E-state index contributed by atoms with van der Waals surface area (Å²) in [6.07, 6.45) is 8.62. The summed E-state index contributed by atoms with van der Waals surface area (Å²) < 4.78 is 0. The molecule has 1 saturated heterocycles. The van der Waals surface area contributed by atoms with Gasteiger partial charge in [-0.2, -0.15) is 0 Å². The van der Waals surface area contributed by atoms with Crippen molar-refractivity contribution in [1.82, 2.24) is 10.2 Å². The summed E-state index contributed by atoms with van der Waals surface area (Å²) in [5.74, 6) is 1.71. The number of nitrogens with one attached hydrogen (secondary N) is 1. The van der Waals surface area contributed by atoms with Crippen LogP contribution in [0.4, 0.5) is 0 Å². The van der Waals surface area contributed by atoms with Gasteiger partial charge in [0.25, 0.3) is 0 Å². The van der Waals surface area contributed by atoms with E-state index in [1.807, 2.05) is 0 Å². The van der Waals surface area contributed by atoms with Crippen LogP contribution in [0.15, 0.2) is 0 Å². The molecule has 2 atom stereocenters. The fraction of sp³-hybridized carbons (Fsp3) is 1.00. The van der Waals surface area contributed by atoms with E-state index >= 15 is 0 Å². The summed E-state index contributed by atoms with van der Waals surface area (Å²) in [5.41, 5.74) is 0. The fourth-order valence-corrected chi connectivity index (χ4v) is 3.79. The average Bonchev–Trinajstić information content (AvgIpc) is 3.01. The first-order valence-corrected chi connectivity index (χ1v) is 8.16. The minimum Gasteiger partial charge on any atom is -0.312 e. The van der Waals surface area contributed by atoms with E-state index in [0.717, 1.165) is 23.9 Å². The summed E-state index contributed by atoms with van der Waals surface area (Å²) in [7, 11) is 0. The predicted octanol–water partition coefficient (Wildman–Crippen LogP) is 3.28. The van der Waals surface area contributed by atoms with Gasteiger partial charge in [-0.25, -0.2) is 0 Å². The number of likely N-dealkylation sites (tertiary alicyclic amines) is 1. The van der Waals surface area contributed by atoms with Gasteiger partial charge in [-0.05, 0) is 57.5 Å². The van der Waals surface area contributed by atoms with Crippen molar-refractivity contribution in [2.75, 3.05) is 19.6 Å². The smallest absolute Gasteiger partial charge is 0.0243 e. The molecule has 0 spiro atoms. The van der Waals surface area contributed by atoms with Crippen LogP contribution in [0.2, 0.25) is 0 Å². The highest BCUT2D eigenvalue weighted by molar-refractivity contribution is 4.84. The van der Waals surface area contributed by atoms with Gasteiger partial charge in [-0.1, -0.05) is 26.7 Å². The van der Waals surface area contributed by atoms with Crippen LogP contribution in [0, 0.1) is 11.8 Å². The second-order valence-corrected chi connectivity index (χ2v) is 6.80. The number of nitrogens with zero attached hydrogens (tertiary/aromatic N) is 1. The molecule has 1 heterocycles. The van der Waals surface area contributed by atoms with Gasteiger partial charge in [-0.3, -0.25) is 4.90 Å². The zero-order valence-electron chi connectivity index (χ0n) is 12.6.